The van der Waals surface area contributed by atoms with Gasteiger partial charge in [-0.15, -0.1) is 0 Å². The first-order chi connectivity index (χ1) is 16.7. The van der Waals surface area contributed by atoms with E-state index in [2.05, 4.69) is 0 Å². The molecule has 6 heteroatoms. The van der Waals surface area contributed by atoms with Gasteiger partial charge in [0.2, 0.25) is 0 Å². The van der Waals surface area contributed by atoms with Crippen molar-refractivity contribution >= 4 is 0 Å². The molecule has 34 heavy (non-hydrogen) atoms. The van der Waals surface area contributed by atoms with Crippen LogP contribution in [0.25, 0.3) is 0 Å². The number of rotatable bonds is 10. The maximum atomic E-state index is 11.3. The van der Waals surface area contributed by atoms with Gasteiger partial charge >= 0.3 is 0 Å². The lowest BCUT2D eigenvalue weighted by molar-refractivity contribution is -0.252. The zero-order valence-corrected chi connectivity index (χ0v) is 19.0. The van der Waals surface area contributed by atoms with Crippen LogP contribution in [-0.4, -0.2) is 52.4 Å². The highest BCUT2D eigenvalue weighted by molar-refractivity contribution is 5.16. The zero-order chi connectivity index (χ0) is 23.8. The van der Waals surface area contributed by atoms with Crippen molar-refractivity contribution in [2.45, 2.75) is 50.3 Å². The molecule has 3 N–H and O–H groups in total. The van der Waals surface area contributed by atoms with Gasteiger partial charge in [0.25, 0.3) is 0 Å². The van der Waals surface area contributed by atoms with E-state index < -0.39 is 36.4 Å². The molecular weight excluding hydrogens is 432 g/mol. The molecule has 0 radical (unpaired) electrons. The summed E-state index contributed by atoms with van der Waals surface area (Å²) in [5.74, 6) is -0.686. The first-order valence-electron chi connectivity index (χ1n) is 11.6. The normalized spacial score (nSPS) is 26.9. The molecule has 0 amide bonds. The Labute approximate surface area is 200 Å². The Morgan fingerprint density at radius 3 is 1.29 bits per heavy atom. The Hall–Kier alpha value is -2.58. The van der Waals surface area contributed by atoms with E-state index in [1.165, 1.54) is 0 Å². The predicted octanol–water partition coefficient (Wildman–Crippen LogP) is 3.09. The van der Waals surface area contributed by atoms with E-state index in [9.17, 15) is 15.3 Å². The van der Waals surface area contributed by atoms with Crippen molar-refractivity contribution < 1.29 is 29.5 Å². The minimum absolute atomic E-state index is 0.221. The third-order valence-electron chi connectivity index (χ3n) is 6.26. The first kappa shape index (κ1) is 24.5. The lowest BCUT2D eigenvalue weighted by Gasteiger charge is -2.46. The lowest BCUT2D eigenvalue weighted by atomic mass is 9.78. The lowest BCUT2D eigenvalue weighted by Crippen LogP contribution is -2.63. The summed E-state index contributed by atoms with van der Waals surface area (Å²) in [6.45, 7) is 0.415. The Bertz CT molecular complexity index is 968. The van der Waals surface area contributed by atoms with Gasteiger partial charge in [0.15, 0.2) is 0 Å². The van der Waals surface area contributed by atoms with Gasteiger partial charge in [-0.2, -0.15) is 0 Å². The molecule has 180 valence electrons. The third-order valence-corrected chi connectivity index (χ3v) is 6.26. The molecule has 0 bridgehead atoms. The van der Waals surface area contributed by atoms with E-state index in [4.69, 9.17) is 14.2 Å². The summed E-state index contributed by atoms with van der Waals surface area (Å²) < 4.78 is 18.3. The minimum Gasteiger partial charge on any atom is -0.396 e. The number of hydrogen-bond acceptors (Lipinski definition) is 6. The van der Waals surface area contributed by atoms with Gasteiger partial charge in [0, 0.05) is 5.92 Å². The molecule has 1 aliphatic carbocycles. The Balaban J connectivity index is 1.53. The molecule has 3 aromatic rings. The molecular formula is C28H32O6. The molecule has 1 fully saturated rings. The fourth-order valence-corrected chi connectivity index (χ4v) is 4.39. The van der Waals surface area contributed by atoms with Crippen molar-refractivity contribution in [2.24, 2.45) is 5.92 Å². The smallest absolute Gasteiger partial charge is 0.113 e. The maximum absolute atomic E-state index is 11.3. The molecule has 6 nitrogen and oxygen atoms in total. The highest BCUT2D eigenvalue weighted by Gasteiger charge is 2.51. The monoisotopic (exact) mass is 464 g/mol. The van der Waals surface area contributed by atoms with Gasteiger partial charge < -0.3 is 29.5 Å². The van der Waals surface area contributed by atoms with E-state index in [0.29, 0.717) is 0 Å². The first-order valence-corrected chi connectivity index (χ1v) is 11.6. The second-order valence-electron chi connectivity index (χ2n) is 8.61. The molecule has 3 aromatic carbocycles. The highest BCUT2D eigenvalue weighted by Crippen LogP contribution is 2.33. The summed E-state index contributed by atoms with van der Waals surface area (Å²) in [6.07, 6.45) is -4.73. The van der Waals surface area contributed by atoms with Crippen LogP contribution in [0, 0.1) is 5.92 Å². The summed E-state index contributed by atoms with van der Waals surface area (Å²) in [4.78, 5) is 0. The van der Waals surface area contributed by atoms with Crippen molar-refractivity contribution in [2.75, 3.05) is 6.61 Å². The van der Waals surface area contributed by atoms with Crippen molar-refractivity contribution in [3.8, 4) is 0 Å². The van der Waals surface area contributed by atoms with Crippen LogP contribution < -0.4 is 0 Å². The fourth-order valence-electron chi connectivity index (χ4n) is 4.39. The van der Waals surface area contributed by atoms with Crippen molar-refractivity contribution in [3.05, 3.63) is 108 Å². The largest absolute Gasteiger partial charge is 0.396 e. The number of aliphatic hydroxyl groups excluding tert-OH is 3. The van der Waals surface area contributed by atoms with E-state index in [0.717, 1.165) is 16.7 Å². The van der Waals surface area contributed by atoms with Gasteiger partial charge in [0.1, 0.15) is 18.3 Å². The second kappa shape index (κ2) is 12.2. The van der Waals surface area contributed by atoms with Crippen LogP contribution in [-0.2, 0) is 34.0 Å². The van der Waals surface area contributed by atoms with Crippen molar-refractivity contribution in [3.63, 3.8) is 0 Å². The van der Waals surface area contributed by atoms with Gasteiger partial charge in [-0.05, 0) is 16.7 Å². The van der Waals surface area contributed by atoms with Gasteiger partial charge in [0.05, 0.1) is 38.6 Å². The second-order valence-corrected chi connectivity index (χ2v) is 8.61. The van der Waals surface area contributed by atoms with Crippen LogP contribution in [0.3, 0.4) is 0 Å². The van der Waals surface area contributed by atoms with Crippen LogP contribution >= 0.6 is 0 Å². The molecule has 0 saturated heterocycles. The fraction of sp³-hybridized carbons (Fsp3) is 0.357. The van der Waals surface area contributed by atoms with Crippen LogP contribution in [0.1, 0.15) is 16.7 Å². The molecule has 6 atom stereocenters. The Morgan fingerprint density at radius 2 is 0.882 bits per heavy atom. The summed E-state index contributed by atoms with van der Waals surface area (Å²) in [5.41, 5.74) is 2.82. The van der Waals surface area contributed by atoms with E-state index >= 15 is 0 Å². The number of ether oxygens (including phenoxy) is 3. The summed E-state index contributed by atoms with van der Waals surface area (Å²) >= 11 is 0. The van der Waals surface area contributed by atoms with Gasteiger partial charge in [-0.25, -0.2) is 0 Å². The van der Waals surface area contributed by atoms with Crippen LogP contribution in [0.4, 0.5) is 0 Å². The van der Waals surface area contributed by atoms with Gasteiger partial charge in [-0.1, -0.05) is 91.0 Å². The molecule has 0 heterocycles. The molecule has 1 aliphatic rings. The summed E-state index contributed by atoms with van der Waals surface area (Å²) in [7, 11) is 0. The maximum Gasteiger partial charge on any atom is 0.113 e. The van der Waals surface area contributed by atoms with Crippen molar-refractivity contribution in [1.29, 1.82) is 0 Å². The van der Waals surface area contributed by atoms with E-state index in [1.807, 2.05) is 91.0 Å². The topological polar surface area (TPSA) is 88.4 Å². The molecule has 0 unspecified atom stereocenters. The standard InChI is InChI=1S/C28H32O6/c29-16-23-24(30)27(33-18-21-12-6-2-7-13-21)25(31)28(34-19-22-14-8-3-9-15-22)26(23)32-17-20-10-4-1-5-11-20/h1-15,23-31H,16-19H2/t23-,24-,25+,26+,27+,28+/m0/s1. The summed E-state index contributed by atoms with van der Waals surface area (Å²) in [5, 5.41) is 32.5. The van der Waals surface area contributed by atoms with Crippen molar-refractivity contribution in [1.82, 2.24) is 0 Å². The van der Waals surface area contributed by atoms with E-state index in [-0.39, 0.29) is 26.4 Å². The zero-order valence-electron chi connectivity index (χ0n) is 19.0. The quantitative estimate of drug-likeness (QED) is 0.427. The van der Waals surface area contributed by atoms with E-state index in [1.54, 1.807) is 0 Å². The highest BCUT2D eigenvalue weighted by atomic mass is 16.6. The van der Waals surface area contributed by atoms with Crippen LogP contribution in [0.5, 0.6) is 0 Å². The minimum atomic E-state index is -1.15. The average Bonchev–Trinajstić information content (AvgIpc) is 2.88. The third kappa shape index (κ3) is 6.10. The molecule has 4 rings (SSSR count). The number of benzene rings is 3. The number of aliphatic hydroxyl groups is 3. The Kier molecular flexibility index (Phi) is 8.82. The molecule has 0 aliphatic heterocycles. The van der Waals surface area contributed by atoms with Crippen LogP contribution in [0.15, 0.2) is 91.0 Å². The van der Waals surface area contributed by atoms with Gasteiger partial charge in [-0.3, -0.25) is 0 Å². The molecule has 0 spiro atoms. The molecule has 1 saturated carbocycles. The Morgan fingerprint density at radius 1 is 0.500 bits per heavy atom. The predicted molar refractivity (Wildman–Crippen MR) is 128 cm³/mol. The average molecular weight is 465 g/mol. The molecule has 0 aromatic heterocycles. The number of hydrogen-bond donors (Lipinski definition) is 3. The summed E-state index contributed by atoms with van der Waals surface area (Å²) in [6, 6.07) is 28.9. The van der Waals surface area contributed by atoms with Crippen LogP contribution in [0.2, 0.25) is 0 Å². The SMILES string of the molecule is OC[C@H]1[C@H](O)[C@@H](OCc2ccccc2)[C@@H](O)[C@@H](OCc2ccccc2)[C@@H]1OCc1ccccc1.